The van der Waals surface area contributed by atoms with E-state index in [9.17, 15) is 9.90 Å². The van der Waals surface area contributed by atoms with Crippen LogP contribution in [0.15, 0.2) is 16.6 Å². The van der Waals surface area contributed by atoms with Gasteiger partial charge in [-0.1, -0.05) is 22.4 Å². The van der Waals surface area contributed by atoms with Gasteiger partial charge in [-0.05, 0) is 36.5 Å². The molecule has 0 spiro atoms. The zero-order valence-corrected chi connectivity index (χ0v) is 14.5. The average molecular weight is 382 g/mol. The number of carboxylic acids is 1. The number of nitrogens with zero attached hydrogens (tertiary/aromatic N) is 1. The first-order chi connectivity index (χ1) is 11.1. The van der Waals surface area contributed by atoms with Crippen molar-refractivity contribution in [3.05, 3.63) is 22.2 Å². The van der Waals surface area contributed by atoms with Crippen molar-refractivity contribution in [1.29, 1.82) is 0 Å². The number of rotatable bonds is 3. The Hall–Kier alpha value is -1.27. The Labute approximate surface area is 143 Å². The third-order valence-corrected chi connectivity index (χ3v) is 6.21. The molecule has 0 amide bonds. The molecule has 0 radical (unpaired) electrons. The van der Waals surface area contributed by atoms with E-state index in [1.54, 1.807) is 0 Å². The maximum Gasteiger partial charge on any atom is 0.311 e. The Morgan fingerprint density at radius 3 is 2.78 bits per heavy atom. The van der Waals surface area contributed by atoms with Gasteiger partial charge in [0.25, 0.3) is 0 Å². The van der Waals surface area contributed by atoms with Crippen molar-refractivity contribution in [2.24, 2.45) is 11.3 Å². The Morgan fingerprint density at radius 2 is 2.09 bits per heavy atom. The minimum absolute atomic E-state index is 0.288. The van der Waals surface area contributed by atoms with Gasteiger partial charge in [-0.2, -0.15) is 0 Å². The molecule has 1 saturated carbocycles. The topological polar surface area (TPSA) is 59.0 Å². The van der Waals surface area contributed by atoms with Crippen LogP contribution in [0.25, 0.3) is 0 Å². The molecule has 2 fully saturated rings. The van der Waals surface area contributed by atoms with Gasteiger partial charge in [0.1, 0.15) is 13.2 Å². The second kappa shape index (κ2) is 5.67. The fourth-order valence-corrected chi connectivity index (χ4v) is 4.78. The first-order valence-electron chi connectivity index (χ1n) is 8.12. The fourth-order valence-electron chi connectivity index (χ4n) is 4.33. The number of fused-ring (bicyclic) bond motifs is 2. The molecule has 23 heavy (non-hydrogen) atoms. The molecule has 0 bridgehead atoms. The van der Waals surface area contributed by atoms with Gasteiger partial charge in [-0.25, -0.2) is 0 Å². The van der Waals surface area contributed by atoms with Gasteiger partial charge in [0.15, 0.2) is 11.5 Å². The van der Waals surface area contributed by atoms with Crippen LogP contribution in [0.3, 0.4) is 0 Å². The molecule has 4 rings (SSSR count). The van der Waals surface area contributed by atoms with E-state index in [0.717, 1.165) is 53.9 Å². The first kappa shape index (κ1) is 15.3. The van der Waals surface area contributed by atoms with Crippen molar-refractivity contribution in [2.45, 2.75) is 25.8 Å². The summed E-state index contributed by atoms with van der Waals surface area (Å²) in [7, 11) is 0. The Kier molecular flexibility index (Phi) is 3.76. The Balaban J connectivity index is 1.54. The predicted octanol–water partition coefficient (Wildman–Crippen LogP) is 2.91. The van der Waals surface area contributed by atoms with Gasteiger partial charge < -0.3 is 14.6 Å². The van der Waals surface area contributed by atoms with Gasteiger partial charge in [0.05, 0.1) is 5.41 Å². The van der Waals surface area contributed by atoms with Gasteiger partial charge in [-0.15, -0.1) is 0 Å². The zero-order chi connectivity index (χ0) is 16.0. The van der Waals surface area contributed by atoms with Crippen molar-refractivity contribution < 1.29 is 19.4 Å². The average Bonchev–Trinajstić information content (AvgIpc) is 3.06. The lowest BCUT2D eigenvalue weighted by atomic mass is 9.81. The highest BCUT2D eigenvalue weighted by Crippen LogP contribution is 2.49. The molecule has 1 aromatic carbocycles. The Morgan fingerprint density at radius 1 is 1.35 bits per heavy atom. The van der Waals surface area contributed by atoms with Crippen LogP contribution in [0.4, 0.5) is 0 Å². The predicted molar refractivity (Wildman–Crippen MR) is 87.8 cm³/mol. The van der Waals surface area contributed by atoms with Gasteiger partial charge in [0.2, 0.25) is 0 Å². The highest BCUT2D eigenvalue weighted by Gasteiger charge is 2.54. The van der Waals surface area contributed by atoms with Crippen LogP contribution in [-0.4, -0.2) is 42.3 Å². The fraction of sp³-hybridized carbons (Fsp3) is 0.588. The lowest BCUT2D eigenvalue weighted by Gasteiger charge is -2.24. The molecular weight excluding hydrogens is 362 g/mol. The monoisotopic (exact) mass is 381 g/mol. The summed E-state index contributed by atoms with van der Waals surface area (Å²) >= 11 is 3.61. The lowest BCUT2D eigenvalue weighted by molar-refractivity contribution is -0.149. The van der Waals surface area contributed by atoms with E-state index in [1.807, 2.05) is 12.1 Å². The van der Waals surface area contributed by atoms with Crippen molar-refractivity contribution in [2.75, 3.05) is 26.3 Å². The summed E-state index contributed by atoms with van der Waals surface area (Å²) in [6, 6.07) is 3.97. The van der Waals surface area contributed by atoms with Crippen LogP contribution < -0.4 is 9.47 Å². The SMILES string of the molecule is O=C(O)[C@@]12CCC[C@H]1CN(Cc1cc3c(cc1Br)OCCO3)C2. The second-order valence-corrected chi connectivity index (χ2v) is 7.66. The molecule has 3 aliphatic rings. The first-order valence-corrected chi connectivity index (χ1v) is 8.91. The van der Waals surface area contributed by atoms with Crippen molar-refractivity contribution in [3.63, 3.8) is 0 Å². The standard InChI is InChI=1S/C17H20BrNO4/c18-13-7-15-14(22-4-5-23-15)6-11(13)8-19-9-12-2-1-3-17(12,10-19)16(20)21/h6-7,12H,1-5,8-10H2,(H,20,21)/t12-,17+/m0/s1. The van der Waals surface area contributed by atoms with E-state index in [1.165, 1.54) is 0 Å². The number of aliphatic carboxylic acids is 1. The molecule has 0 aromatic heterocycles. The normalized spacial score (nSPS) is 29.5. The molecule has 1 saturated heterocycles. The Bertz CT molecular complexity index is 650. The molecular formula is C17H20BrNO4. The number of halogens is 1. The highest BCUT2D eigenvalue weighted by atomic mass is 79.9. The minimum atomic E-state index is -0.622. The number of hydrogen-bond donors (Lipinski definition) is 1. The highest BCUT2D eigenvalue weighted by molar-refractivity contribution is 9.10. The summed E-state index contributed by atoms with van der Waals surface area (Å²) in [5, 5.41) is 9.70. The van der Waals surface area contributed by atoms with E-state index >= 15 is 0 Å². The summed E-state index contributed by atoms with van der Waals surface area (Å²) in [5.74, 6) is 1.22. The third kappa shape index (κ3) is 2.52. The van der Waals surface area contributed by atoms with E-state index in [2.05, 4.69) is 20.8 Å². The molecule has 124 valence electrons. The van der Waals surface area contributed by atoms with Crippen LogP contribution in [0.5, 0.6) is 11.5 Å². The molecule has 2 heterocycles. The number of likely N-dealkylation sites (tertiary alicyclic amines) is 1. The maximum absolute atomic E-state index is 11.8. The van der Waals surface area contributed by atoms with E-state index < -0.39 is 11.4 Å². The van der Waals surface area contributed by atoms with Crippen LogP contribution >= 0.6 is 15.9 Å². The molecule has 2 atom stereocenters. The number of benzene rings is 1. The lowest BCUT2D eigenvalue weighted by Crippen LogP contribution is -2.35. The number of ether oxygens (including phenoxy) is 2. The van der Waals surface area contributed by atoms with Gasteiger partial charge >= 0.3 is 5.97 Å². The molecule has 0 unspecified atom stereocenters. The van der Waals surface area contributed by atoms with Crippen molar-refractivity contribution >= 4 is 21.9 Å². The van der Waals surface area contributed by atoms with E-state index in [-0.39, 0.29) is 5.92 Å². The van der Waals surface area contributed by atoms with E-state index in [4.69, 9.17) is 9.47 Å². The quantitative estimate of drug-likeness (QED) is 0.871. The number of hydrogen-bond acceptors (Lipinski definition) is 4. The maximum atomic E-state index is 11.8. The summed E-state index contributed by atoms with van der Waals surface area (Å²) < 4.78 is 12.2. The zero-order valence-electron chi connectivity index (χ0n) is 12.9. The summed E-state index contributed by atoms with van der Waals surface area (Å²) in [6.07, 6.45) is 2.88. The summed E-state index contributed by atoms with van der Waals surface area (Å²) in [4.78, 5) is 14.1. The van der Waals surface area contributed by atoms with Crippen molar-refractivity contribution in [1.82, 2.24) is 4.90 Å². The largest absolute Gasteiger partial charge is 0.486 e. The van der Waals surface area contributed by atoms with Crippen LogP contribution in [0.2, 0.25) is 0 Å². The smallest absolute Gasteiger partial charge is 0.311 e. The number of carbonyl (C=O) groups is 1. The molecule has 6 heteroatoms. The third-order valence-electron chi connectivity index (χ3n) is 5.47. The molecule has 1 N–H and O–H groups in total. The van der Waals surface area contributed by atoms with Gasteiger partial charge in [-0.3, -0.25) is 9.69 Å². The summed E-state index contributed by atoms with van der Waals surface area (Å²) in [5.41, 5.74) is 0.593. The van der Waals surface area contributed by atoms with E-state index in [0.29, 0.717) is 19.8 Å². The molecule has 2 aliphatic heterocycles. The van der Waals surface area contributed by atoms with Gasteiger partial charge in [0, 0.05) is 24.1 Å². The number of carboxylic acid groups (broad SMARTS) is 1. The molecule has 1 aliphatic carbocycles. The second-order valence-electron chi connectivity index (χ2n) is 6.81. The minimum Gasteiger partial charge on any atom is -0.486 e. The van der Waals surface area contributed by atoms with Crippen LogP contribution in [0, 0.1) is 11.3 Å². The van der Waals surface area contributed by atoms with Crippen LogP contribution in [-0.2, 0) is 11.3 Å². The molecule has 1 aromatic rings. The molecule has 5 nitrogen and oxygen atoms in total. The summed E-state index contributed by atoms with van der Waals surface area (Å²) in [6.45, 7) is 3.40. The van der Waals surface area contributed by atoms with Crippen molar-refractivity contribution in [3.8, 4) is 11.5 Å². The van der Waals surface area contributed by atoms with Crippen LogP contribution in [0.1, 0.15) is 24.8 Å².